The number of aryl methyl sites for hydroxylation is 3. The zero-order valence-corrected chi connectivity index (χ0v) is 13.1. The van der Waals surface area contributed by atoms with Crippen LogP contribution >= 0.6 is 11.6 Å². The van der Waals surface area contributed by atoms with Crippen LogP contribution in [0.25, 0.3) is 0 Å². The fourth-order valence-corrected chi connectivity index (χ4v) is 2.43. The molecule has 7 heteroatoms. The molecule has 0 radical (unpaired) electrons. The Hall–Kier alpha value is -1.82. The van der Waals surface area contributed by atoms with Gasteiger partial charge in [0.2, 0.25) is 0 Å². The van der Waals surface area contributed by atoms with Crippen molar-refractivity contribution in [1.82, 2.24) is 24.5 Å². The van der Waals surface area contributed by atoms with E-state index in [1.165, 1.54) is 10.9 Å². The number of hydrogen-bond acceptors (Lipinski definition) is 3. The van der Waals surface area contributed by atoms with E-state index in [1.807, 2.05) is 25.6 Å². The highest BCUT2D eigenvalue weighted by atomic mass is 35.5. The molecule has 6 nitrogen and oxygen atoms in total. The van der Waals surface area contributed by atoms with Crippen LogP contribution in [-0.4, -0.2) is 37.4 Å². The van der Waals surface area contributed by atoms with Gasteiger partial charge in [0.15, 0.2) is 0 Å². The minimum Gasteiger partial charge on any atom is -0.336 e. The third-order valence-electron chi connectivity index (χ3n) is 3.50. The molecule has 0 aromatic carbocycles. The number of rotatable bonds is 3. The maximum absolute atomic E-state index is 12.4. The van der Waals surface area contributed by atoms with Crippen LogP contribution in [0.2, 0.25) is 5.02 Å². The zero-order valence-electron chi connectivity index (χ0n) is 12.3. The van der Waals surface area contributed by atoms with Crippen LogP contribution < -0.4 is 0 Å². The van der Waals surface area contributed by atoms with Gasteiger partial charge in [-0.05, 0) is 13.8 Å². The predicted octanol–water partition coefficient (Wildman–Crippen LogP) is 1.70. The first kappa shape index (κ1) is 14.6. The van der Waals surface area contributed by atoms with Crippen molar-refractivity contribution in [2.45, 2.75) is 20.4 Å². The summed E-state index contributed by atoms with van der Waals surface area (Å²) in [7, 11) is 5.34. The summed E-state index contributed by atoms with van der Waals surface area (Å²) in [4.78, 5) is 14.1. The van der Waals surface area contributed by atoms with E-state index in [0.29, 0.717) is 17.3 Å². The summed E-state index contributed by atoms with van der Waals surface area (Å²) in [6.45, 7) is 4.42. The average Bonchev–Trinajstić information content (AvgIpc) is 2.83. The maximum Gasteiger partial charge on any atom is 0.273 e. The zero-order chi connectivity index (χ0) is 15.0. The average molecular weight is 296 g/mol. The Bertz CT molecular complexity index is 639. The molecular formula is C13H18ClN5O. The van der Waals surface area contributed by atoms with Crippen molar-refractivity contribution in [1.29, 1.82) is 0 Å². The molecule has 0 fully saturated rings. The quantitative estimate of drug-likeness (QED) is 0.866. The van der Waals surface area contributed by atoms with Crippen molar-refractivity contribution < 1.29 is 4.79 Å². The van der Waals surface area contributed by atoms with Crippen LogP contribution in [0.3, 0.4) is 0 Å². The summed E-state index contributed by atoms with van der Waals surface area (Å²) in [5.41, 5.74) is 3.44. The minimum absolute atomic E-state index is 0.155. The summed E-state index contributed by atoms with van der Waals surface area (Å²) in [6.07, 6.45) is 1.48. The first-order valence-electron chi connectivity index (χ1n) is 6.25. The second kappa shape index (κ2) is 5.28. The van der Waals surface area contributed by atoms with Gasteiger partial charge >= 0.3 is 0 Å². The van der Waals surface area contributed by atoms with E-state index >= 15 is 0 Å². The Morgan fingerprint density at radius 1 is 1.35 bits per heavy atom. The Morgan fingerprint density at radius 3 is 2.45 bits per heavy atom. The van der Waals surface area contributed by atoms with Gasteiger partial charge in [-0.2, -0.15) is 10.2 Å². The summed E-state index contributed by atoms with van der Waals surface area (Å²) in [6, 6.07) is 0. The molecule has 108 valence electrons. The van der Waals surface area contributed by atoms with E-state index in [-0.39, 0.29) is 5.91 Å². The van der Waals surface area contributed by atoms with Gasteiger partial charge in [-0.15, -0.1) is 0 Å². The van der Waals surface area contributed by atoms with E-state index in [9.17, 15) is 4.79 Å². The molecule has 2 aromatic heterocycles. The highest BCUT2D eigenvalue weighted by Gasteiger charge is 2.21. The van der Waals surface area contributed by atoms with E-state index < -0.39 is 0 Å². The number of carbonyl (C=O) groups excluding carboxylic acids is 1. The van der Waals surface area contributed by atoms with E-state index in [0.717, 1.165) is 17.0 Å². The molecule has 0 aliphatic carbocycles. The fourth-order valence-electron chi connectivity index (χ4n) is 2.19. The van der Waals surface area contributed by atoms with Gasteiger partial charge in [0.1, 0.15) is 5.69 Å². The molecular weight excluding hydrogens is 278 g/mol. The van der Waals surface area contributed by atoms with Crippen molar-refractivity contribution in [2.75, 3.05) is 7.05 Å². The summed E-state index contributed by atoms with van der Waals surface area (Å²) in [5.74, 6) is -0.155. The fraction of sp³-hybridized carbons (Fsp3) is 0.462. The Morgan fingerprint density at radius 2 is 2.00 bits per heavy atom. The molecule has 0 spiro atoms. The van der Waals surface area contributed by atoms with Crippen LogP contribution in [0.1, 0.15) is 27.4 Å². The van der Waals surface area contributed by atoms with E-state index in [4.69, 9.17) is 11.6 Å². The number of nitrogens with zero attached hydrogens (tertiary/aromatic N) is 5. The summed E-state index contributed by atoms with van der Waals surface area (Å²) < 4.78 is 3.31. The van der Waals surface area contributed by atoms with Gasteiger partial charge in [0.05, 0.1) is 16.9 Å². The van der Waals surface area contributed by atoms with Crippen molar-refractivity contribution in [3.63, 3.8) is 0 Å². The van der Waals surface area contributed by atoms with Gasteiger partial charge < -0.3 is 4.90 Å². The Kier molecular flexibility index (Phi) is 3.85. The normalized spacial score (nSPS) is 10.9. The Balaban J connectivity index is 2.24. The lowest BCUT2D eigenvalue weighted by molar-refractivity contribution is 0.0774. The van der Waals surface area contributed by atoms with Gasteiger partial charge in [0, 0.05) is 38.9 Å². The molecule has 0 aliphatic heterocycles. The molecule has 0 N–H and O–H groups in total. The van der Waals surface area contributed by atoms with Crippen molar-refractivity contribution in [3.8, 4) is 0 Å². The van der Waals surface area contributed by atoms with Gasteiger partial charge in [-0.1, -0.05) is 11.6 Å². The third-order valence-corrected chi connectivity index (χ3v) is 3.77. The number of carbonyl (C=O) groups is 1. The lowest BCUT2D eigenvalue weighted by atomic mass is 10.2. The van der Waals surface area contributed by atoms with Gasteiger partial charge in [-0.3, -0.25) is 14.2 Å². The molecule has 0 unspecified atom stereocenters. The van der Waals surface area contributed by atoms with Crippen LogP contribution in [0, 0.1) is 13.8 Å². The molecule has 0 aliphatic rings. The summed E-state index contributed by atoms with van der Waals surface area (Å²) >= 11 is 6.01. The van der Waals surface area contributed by atoms with Gasteiger partial charge in [-0.25, -0.2) is 0 Å². The topological polar surface area (TPSA) is 56.0 Å². The first-order valence-corrected chi connectivity index (χ1v) is 6.62. The molecule has 0 saturated heterocycles. The lowest BCUT2D eigenvalue weighted by Gasteiger charge is -2.17. The molecule has 1 amide bonds. The molecule has 0 atom stereocenters. The number of hydrogen-bond donors (Lipinski definition) is 0. The predicted molar refractivity (Wildman–Crippen MR) is 76.7 cm³/mol. The molecule has 20 heavy (non-hydrogen) atoms. The van der Waals surface area contributed by atoms with E-state index in [2.05, 4.69) is 10.2 Å². The second-order valence-electron chi connectivity index (χ2n) is 4.90. The highest BCUT2D eigenvalue weighted by Crippen LogP contribution is 2.19. The van der Waals surface area contributed by atoms with Crippen molar-refractivity contribution in [2.24, 2.45) is 14.1 Å². The maximum atomic E-state index is 12.4. The second-order valence-corrected chi connectivity index (χ2v) is 5.31. The van der Waals surface area contributed by atoms with Crippen LogP contribution in [0.4, 0.5) is 0 Å². The Labute approximate surface area is 122 Å². The number of aromatic nitrogens is 4. The third kappa shape index (κ3) is 2.43. The van der Waals surface area contributed by atoms with Gasteiger partial charge in [0.25, 0.3) is 5.91 Å². The molecule has 0 bridgehead atoms. The highest BCUT2D eigenvalue weighted by molar-refractivity contribution is 6.33. The lowest BCUT2D eigenvalue weighted by Crippen LogP contribution is -2.28. The molecule has 2 heterocycles. The van der Waals surface area contributed by atoms with Crippen LogP contribution in [-0.2, 0) is 20.6 Å². The number of halogens is 1. The van der Waals surface area contributed by atoms with E-state index in [1.54, 1.807) is 19.0 Å². The standard InChI is InChI=1S/C13H18ClN5O/c1-8-10(9(2)18(4)16-8)7-17(3)13(20)12-11(14)6-15-19(12)5/h6H,7H2,1-5H3. The van der Waals surface area contributed by atoms with Crippen LogP contribution in [0.5, 0.6) is 0 Å². The SMILES string of the molecule is Cc1nn(C)c(C)c1CN(C)C(=O)c1c(Cl)cnn1C. The molecule has 0 saturated carbocycles. The first-order chi connectivity index (χ1) is 9.32. The smallest absolute Gasteiger partial charge is 0.273 e. The number of amides is 1. The summed E-state index contributed by atoms with van der Waals surface area (Å²) in [5, 5.41) is 8.71. The minimum atomic E-state index is -0.155. The largest absolute Gasteiger partial charge is 0.336 e. The monoisotopic (exact) mass is 295 g/mol. The van der Waals surface area contributed by atoms with Crippen molar-refractivity contribution >= 4 is 17.5 Å². The van der Waals surface area contributed by atoms with Crippen molar-refractivity contribution in [3.05, 3.63) is 33.9 Å². The molecule has 2 rings (SSSR count). The molecule has 2 aromatic rings. The van der Waals surface area contributed by atoms with Crippen LogP contribution in [0.15, 0.2) is 6.20 Å².